The zero-order valence-corrected chi connectivity index (χ0v) is 11.4. The van der Waals surface area contributed by atoms with E-state index in [9.17, 15) is 0 Å². The lowest BCUT2D eigenvalue weighted by Gasteiger charge is -2.25. The van der Waals surface area contributed by atoms with Crippen molar-refractivity contribution < 1.29 is 4.74 Å². The maximum atomic E-state index is 6.36. The third kappa shape index (κ3) is 5.03. The standard InChI is InChI=1S/C13H26ClNO/c1-3-11(4-2)13(14)10-15-9-12-7-5-6-8-16-12/h11-13,15H,3-10H2,1-2H3. The molecular formula is C13H26ClNO. The van der Waals surface area contributed by atoms with Crippen LogP contribution in [0.5, 0.6) is 0 Å². The fourth-order valence-electron chi connectivity index (χ4n) is 2.32. The molecule has 2 unspecified atom stereocenters. The summed E-state index contributed by atoms with van der Waals surface area (Å²) >= 11 is 6.36. The molecule has 2 nitrogen and oxygen atoms in total. The molecule has 0 saturated carbocycles. The van der Waals surface area contributed by atoms with Crippen LogP contribution >= 0.6 is 11.6 Å². The summed E-state index contributed by atoms with van der Waals surface area (Å²) in [6.07, 6.45) is 6.49. The summed E-state index contributed by atoms with van der Waals surface area (Å²) in [4.78, 5) is 0. The van der Waals surface area contributed by atoms with Crippen LogP contribution in [0.1, 0.15) is 46.0 Å². The molecule has 1 aliphatic rings. The number of alkyl halides is 1. The van der Waals surface area contributed by atoms with E-state index in [1.54, 1.807) is 0 Å². The van der Waals surface area contributed by atoms with Crippen molar-refractivity contribution in [3.05, 3.63) is 0 Å². The second-order valence-electron chi connectivity index (χ2n) is 4.74. The summed E-state index contributed by atoms with van der Waals surface area (Å²) in [7, 11) is 0. The van der Waals surface area contributed by atoms with Gasteiger partial charge in [-0.15, -0.1) is 11.6 Å². The molecule has 0 radical (unpaired) electrons. The topological polar surface area (TPSA) is 21.3 Å². The predicted molar refractivity (Wildman–Crippen MR) is 70.2 cm³/mol. The average molecular weight is 248 g/mol. The van der Waals surface area contributed by atoms with Gasteiger partial charge in [-0.3, -0.25) is 0 Å². The van der Waals surface area contributed by atoms with Crippen LogP contribution in [0.3, 0.4) is 0 Å². The van der Waals surface area contributed by atoms with Gasteiger partial charge in [-0.1, -0.05) is 26.7 Å². The van der Waals surface area contributed by atoms with Crippen molar-refractivity contribution in [2.45, 2.75) is 57.4 Å². The monoisotopic (exact) mass is 247 g/mol. The van der Waals surface area contributed by atoms with Gasteiger partial charge in [0.25, 0.3) is 0 Å². The Bertz CT molecular complexity index is 167. The Balaban J connectivity index is 2.09. The molecule has 1 rings (SSSR count). The van der Waals surface area contributed by atoms with Crippen molar-refractivity contribution in [3.8, 4) is 0 Å². The molecule has 1 fully saturated rings. The molecule has 1 aliphatic heterocycles. The summed E-state index contributed by atoms with van der Waals surface area (Å²) in [6, 6.07) is 0. The Labute approximate surface area is 105 Å². The fraction of sp³-hybridized carbons (Fsp3) is 1.00. The van der Waals surface area contributed by atoms with Crippen LogP contribution in [0.4, 0.5) is 0 Å². The normalized spacial score (nSPS) is 23.6. The first-order valence-corrected chi connectivity index (χ1v) is 7.17. The largest absolute Gasteiger partial charge is 0.377 e. The number of nitrogens with one attached hydrogen (secondary N) is 1. The molecule has 1 N–H and O–H groups in total. The minimum absolute atomic E-state index is 0.263. The Hall–Kier alpha value is 0.210. The van der Waals surface area contributed by atoms with E-state index < -0.39 is 0 Å². The molecule has 0 aromatic rings. The van der Waals surface area contributed by atoms with Crippen LogP contribution in [-0.2, 0) is 4.74 Å². The molecule has 16 heavy (non-hydrogen) atoms. The van der Waals surface area contributed by atoms with Crippen molar-refractivity contribution in [2.75, 3.05) is 19.7 Å². The molecule has 0 spiro atoms. The van der Waals surface area contributed by atoms with Crippen molar-refractivity contribution in [3.63, 3.8) is 0 Å². The molecule has 0 bridgehead atoms. The number of halogens is 1. The van der Waals surface area contributed by atoms with Crippen molar-refractivity contribution >= 4 is 11.6 Å². The number of hydrogen-bond donors (Lipinski definition) is 1. The Morgan fingerprint density at radius 2 is 2.06 bits per heavy atom. The molecule has 0 aromatic carbocycles. The maximum Gasteiger partial charge on any atom is 0.0699 e. The lowest BCUT2D eigenvalue weighted by molar-refractivity contribution is 0.0169. The van der Waals surface area contributed by atoms with E-state index in [2.05, 4.69) is 19.2 Å². The minimum atomic E-state index is 0.263. The first kappa shape index (κ1) is 14.3. The molecular weight excluding hydrogens is 222 g/mol. The zero-order valence-electron chi connectivity index (χ0n) is 10.7. The second kappa shape index (κ2) is 8.32. The van der Waals surface area contributed by atoms with Gasteiger partial charge in [0.2, 0.25) is 0 Å². The molecule has 2 atom stereocenters. The SMILES string of the molecule is CCC(CC)C(Cl)CNCC1CCCCO1. The third-order valence-corrected chi connectivity index (χ3v) is 4.06. The highest BCUT2D eigenvalue weighted by molar-refractivity contribution is 6.21. The van der Waals surface area contributed by atoms with Crippen molar-refractivity contribution in [2.24, 2.45) is 5.92 Å². The molecule has 96 valence electrons. The van der Waals surface area contributed by atoms with Crippen molar-refractivity contribution in [1.29, 1.82) is 0 Å². The van der Waals surface area contributed by atoms with E-state index >= 15 is 0 Å². The summed E-state index contributed by atoms with van der Waals surface area (Å²) in [5.41, 5.74) is 0. The Morgan fingerprint density at radius 1 is 1.31 bits per heavy atom. The Kier molecular flexibility index (Phi) is 7.42. The van der Waals surface area contributed by atoms with Gasteiger partial charge >= 0.3 is 0 Å². The minimum Gasteiger partial charge on any atom is -0.377 e. The van der Waals surface area contributed by atoms with E-state index in [0.717, 1.165) is 19.7 Å². The van der Waals surface area contributed by atoms with Gasteiger partial charge in [0.05, 0.1) is 6.10 Å². The van der Waals surface area contributed by atoms with Crippen LogP contribution in [0, 0.1) is 5.92 Å². The van der Waals surface area contributed by atoms with Gasteiger partial charge in [0, 0.05) is 25.1 Å². The highest BCUT2D eigenvalue weighted by atomic mass is 35.5. The summed E-state index contributed by atoms with van der Waals surface area (Å²) in [5.74, 6) is 0.640. The second-order valence-corrected chi connectivity index (χ2v) is 5.30. The fourth-order valence-corrected chi connectivity index (χ4v) is 2.78. The summed E-state index contributed by atoms with van der Waals surface area (Å²) < 4.78 is 5.67. The van der Waals surface area contributed by atoms with Gasteiger partial charge in [-0.05, 0) is 25.2 Å². The maximum absolute atomic E-state index is 6.36. The number of rotatable bonds is 7. The third-order valence-electron chi connectivity index (χ3n) is 3.55. The summed E-state index contributed by atoms with van der Waals surface area (Å²) in [5, 5.41) is 3.71. The Morgan fingerprint density at radius 3 is 2.62 bits per heavy atom. The van der Waals surface area contributed by atoms with Crippen LogP contribution in [0.25, 0.3) is 0 Å². The smallest absolute Gasteiger partial charge is 0.0699 e. The average Bonchev–Trinajstić information content (AvgIpc) is 2.32. The molecule has 0 aromatic heterocycles. The summed E-state index contributed by atoms with van der Waals surface area (Å²) in [6.45, 7) is 7.24. The highest BCUT2D eigenvalue weighted by Gasteiger charge is 2.17. The van der Waals surface area contributed by atoms with Crippen LogP contribution < -0.4 is 5.32 Å². The quantitative estimate of drug-likeness (QED) is 0.698. The lowest BCUT2D eigenvalue weighted by Crippen LogP contribution is -2.36. The number of hydrogen-bond acceptors (Lipinski definition) is 2. The van der Waals surface area contributed by atoms with Gasteiger partial charge in [0.15, 0.2) is 0 Å². The molecule has 1 saturated heterocycles. The van der Waals surface area contributed by atoms with E-state index in [1.807, 2.05) is 0 Å². The first-order chi connectivity index (χ1) is 7.77. The van der Waals surface area contributed by atoms with E-state index in [1.165, 1.54) is 32.1 Å². The van der Waals surface area contributed by atoms with Gasteiger partial charge < -0.3 is 10.1 Å². The van der Waals surface area contributed by atoms with E-state index in [0.29, 0.717) is 12.0 Å². The molecule has 0 aliphatic carbocycles. The molecule has 0 amide bonds. The van der Waals surface area contributed by atoms with Gasteiger partial charge in [0.1, 0.15) is 0 Å². The lowest BCUT2D eigenvalue weighted by atomic mass is 9.99. The van der Waals surface area contributed by atoms with Crippen LogP contribution in [0.2, 0.25) is 0 Å². The van der Waals surface area contributed by atoms with Crippen molar-refractivity contribution in [1.82, 2.24) is 5.32 Å². The molecule has 3 heteroatoms. The predicted octanol–water partition coefficient (Wildman–Crippen LogP) is 3.19. The van der Waals surface area contributed by atoms with E-state index in [-0.39, 0.29) is 5.38 Å². The van der Waals surface area contributed by atoms with Gasteiger partial charge in [-0.25, -0.2) is 0 Å². The van der Waals surface area contributed by atoms with Crippen LogP contribution in [-0.4, -0.2) is 31.2 Å². The first-order valence-electron chi connectivity index (χ1n) is 6.74. The van der Waals surface area contributed by atoms with Gasteiger partial charge in [-0.2, -0.15) is 0 Å². The zero-order chi connectivity index (χ0) is 11.8. The highest BCUT2D eigenvalue weighted by Crippen LogP contribution is 2.18. The number of ether oxygens (including phenoxy) is 1. The van der Waals surface area contributed by atoms with Crippen LogP contribution in [0.15, 0.2) is 0 Å². The van der Waals surface area contributed by atoms with E-state index in [4.69, 9.17) is 16.3 Å². The molecule has 1 heterocycles.